The number of hydrogen-bond donors (Lipinski definition) is 1. The Bertz CT molecular complexity index is 392. The lowest BCUT2D eigenvalue weighted by Crippen LogP contribution is -2.31. The second kappa shape index (κ2) is 10.4. The van der Waals surface area contributed by atoms with Gasteiger partial charge in [-0.2, -0.15) is 0 Å². The first-order valence-electron chi connectivity index (χ1n) is 7.49. The zero-order valence-corrected chi connectivity index (χ0v) is 13.5. The average Bonchev–Trinajstić information content (AvgIpc) is 2.48. The molecule has 0 atom stereocenters. The highest BCUT2D eigenvalue weighted by molar-refractivity contribution is 5.46. The molecule has 0 heterocycles. The standard InChI is InChI=1S/C16H27NO4/c1-5-19-14-10-8-9-13(16(14)18-4)11-17-12-15(20-6-2)21-7-3/h8-10,15,17H,5-7,11-12H2,1-4H3. The van der Waals surface area contributed by atoms with Gasteiger partial charge in [0.1, 0.15) is 0 Å². The van der Waals surface area contributed by atoms with Crippen molar-refractivity contribution in [3.8, 4) is 11.5 Å². The molecule has 0 radical (unpaired) electrons. The predicted octanol–water partition coefficient (Wildman–Crippen LogP) is 2.58. The Morgan fingerprint density at radius 3 is 2.33 bits per heavy atom. The maximum Gasteiger partial charge on any atom is 0.169 e. The average molecular weight is 297 g/mol. The maximum atomic E-state index is 5.57. The van der Waals surface area contributed by atoms with Gasteiger partial charge in [0.25, 0.3) is 0 Å². The minimum absolute atomic E-state index is 0.221. The zero-order valence-electron chi connectivity index (χ0n) is 13.5. The molecule has 5 nitrogen and oxygen atoms in total. The molecule has 0 amide bonds. The summed E-state index contributed by atoms with van der Waals surface area (Å²) in [5, 5.41) is 3.33. The van der Waals surface area contributed by atoms with Crippen LogP contribution in [0.15, 0.2) is 18.2 Å². The molecule has 0 bridgehead atoms. The van der Waals surface area contributed by atoms with Crippen LogP contribution in [0.5, 0.6) is 11.5 Å². The van der Waals surface area contributed by atoms with Gasteiger partial charge in [-0.25, -0.2) is 0 Å². The molecule has 0 aromatic heterocycles. The van der Waals surface area contributed by atoms with Crippen LogP contribution < -0.4 is 14.8 Å². The van der Waals surface area contributed by atoms with Crippen LogP contribution in [-0.4, -0.2) is 39.8 Å². The lowest BCUT2D eigenvalue weighted by Gasteiger charge is -2.18. The summed E-state index contributed by atoms with van der Waals surface area (Å²) in [5.41, 5.74) is 1.05. The lowest BCUT2D eigenvalue weighted by molar-refractivity contribution is -0.133. The van der Waals surface area contributed by atoms with Crippen LogP contribution in [0.2, 0.25) is 0 Å². The molecule has 0 saturated carbocycles. The fraction of sp³-hybridized carbons (Fsp3) is 0.625. The lowest BCUT2D eigenvalue weighted by atomic mass is 10.2. The minimum atomic E-state index is -0.221. The van der Waals surface area contributed by atoms with Crippen LogP contribution in [0.25, 0.3) is 0 Å². The molecule has 1 rings (SSSR count). The number of methoxy groups -OCH3 is 1. The molecule has 120 valence electrons. The van der Waals surface area contributed by atoms with Gasteiger partial charge < -0.3 is 24.3 Å². The summed E-state index contributed by atoms with van der Waals surface area (Å²) < 4.78 is 22.0. The van der Waals surface area contributed by atoms with Crippen molar-refractivity contribution in [3.05, 3.63) is 23.8 Å². The molecule has 5 heteroatoms. The Morgan fingerprint density at radius 2 is 1.76 bits per heavy atom. The van der Waals surface area contributed by atoms with E-state index < -0.39 is 0 Å². The van der Waals surface area contributed by atoms with Crippen molar-refractivity contribution >= 4 is 0 Å². The van der Waals surface area contributed by atoms with E-state index in [0.717, 1.165) is 17.1 Å². The summed E-state index contributed by atoms with van der Waals surface area (Å²) in [6.07, 6.45) is -0.221. The van der Waals surface area contributed by atoms with Crippen molar-refractivity contribution in [3.63, 3.8) is 0 Å². The smallest absolute Gasteiger partial charge is 0.169 e. The van der Waals surface area contributed by atoms with Gasteiger partial charge in [-0.15, -0.1) is 0 Å². The van der Waals surface area contributed by atoms with E-state index in [2.05, 4.69) is 5.32 Å². The monoisotopic (exact) mass is 297 g/mol. The molecule has 1 aromatic carbocycles. The van der Waals surface area contributed by atoms with E-state index in [0.29, 0.717) is 32.9 Å². The Labute approximate surface area is 127 Å². The van der Waals surface area contributed by atoms with Gasteiger partial charge in [0.2, 0.25) is 0 Å². The minimum Gasteiger partial charge on any atom is -0.493 e. The summed E-state index contributed by atoms with van der Waals surface area (Å²) >= 11 is 0. The summed E-state index contributed by atoms with van der Waals surface area (Å²) in [5.74, 6) is 1.54. The van der Waals surface area contributed by atoms with Gasteiger partial charge in [-0.3, -0.25) is 0 Å². The molecule has 1 N–H and O–H groups in total. The van der Waals surface area contributed by atoms with Crippen molar-refractivity contribution in [1.82, 2.24) is 5.32 Å². The number of nitrogens with one attached hydrogen (secondary N) is 1. The molecule has 21 heavy (non-hydrogen) atoms. The summed E-state index contributed by atoms with van der Waals surface area (Å²) in [7, 11) is 1.66. The van der Waals surface area contributed by atoms with Gasteiger partial charge in [0, 0.05) is 31.9 Å². The molecule has 0 saturated heterocycles. The van der Waals surface area contributed by atoms with E-state index in [-0.39, 0.29) is 6.29 Å². The fourth-order valence-corrected chi connectivity index (χ4v) is 2.06. The molecule has 0 spiro atoms. The topological polar surface area (TPSA) is 49.0 Å². The van der Waals surface area contributed by atoms with Crippen LogP contribution in [0.4, 0.5) is 0 Å². The van der Waals surface area contributed by atoms with Crippen LogP contribution >= 0.6 is 0 Å². The van der Waals surface area contributed by atoms with E-state index in [9.17, 15) is 0 Å². The van der Waals surface area contributed by atoms with Crippen molar-refractivity contribution < 1.29 is 18.9 Å². The number of benzene rings is 1. The Kier molecular flexibility index (Phi) is 8.82. The Morgan fingerprint density at radius 1 is 1.05 bits per heavy atom. The zero-order chi connectivity index (χ0) is 15.5. The van der Waals surface area contributed by atoms with Crippen molar-refractivity contribution in [2.24, 2.45) is 0 Å². The van der Waals surface area contributed by atoms with Crippen LogP contribution in [0.1, 0.15) is 26.3 Å². The second-order valence-electron chi connectivity index (χ2n) is 4.35. The normalized spacial score (nSPS) is 10.9. The Balaban J connectivity index is 2.59. The second-order valence-corrected chi connectivity index (χ2v) is 4.35. The number of ether oxygens (including phenoxy) is 4. The third kappa shape index (κ3) is 5.91. The highest BCUT2D eigenvalue weighted by atomic mass is 16.7. The Hall–Kier alpha value is -1.30. The van der Waals surface area contributed by atoms with Crippen molar-refractivity contribution in [1.29, 1.82) is 0 Å². The van der Waals surface area contributed by atoms with Crippen LogP contribution in [0.3, 0.4) is 0 Å². The summed E-state index contributed by atoms with van der Waals surface area (Å²) in [4.78, 5) is 0. The third-order valence-corrected chi connectivity index (χ3v) is 2.90. The number of hydrogen-bond acceptors (Lipinski definition) is 5. The fourth-order valence-electron chi connectivity index (χ4n) is 2.06. The van der Waals surface area contributed by atoms with E-state index in [4.69, 9.17) is 18.9 Å². The van der Waals surface area contributed by atoms with E-state index in [1.165, 1.54) is 0 Å². The SMILES string of the molecule is CCOc1cccc(CNCC(OCC)OCC)c1OC. The van der Waals surface area contributed by atoms with Gasteiger partial charge in [-0.05, 0) is 26.8 Å². The third-order valence-electron chi connectivity index (χ3n) is 2.90. The molecule has 0 unspecified atom stereocenters. The summed E-state index contributed by atoms with van der Waals surface area (Å²) in [6.45, 7) is 9.06. The van der Waals surface area contributed by atoms with Crippen molar-refractivity contribution in [2.45, 2.75) is 33.6 Å². The quantitative estimate of drug-likeness (QED) is 0.636. The summed E-state index contributed by atoms with van der Waals surface area (Å²) in [6, 6.07) is 5.90. The molecule has 0 aliphatic carbocycles. The highest BCUT2D eigenvalue weighted by Gasteiger charge is 2.11. The largest absolute Gasteiger partial charge is 0.493 e. The molecular formula is C16H27NO4. The maximum absolute atomic E-state index is 5.57. The van der Waals surface area contributed by atoms with Gasteiger partial charge in [0.05, 0.1) is 13.7 Å². The van der Waals surface area contributed by atoms with E-state index >= 15 is 0 Å². The van der Waals surface area contributed by atoms with Crippen LogP contribution in [0, 0.1) is 0 Å². The molecular weight excluding hydrogens is 270 g/mol. The number of rotatable bonds is 11. The first-order chi connectivity index (χ1) is 10.3. The molecule has 0 aliphatic heterocycles. The molecule has 0 aliphatic rings. The van der Waals surface area contributed by atoms with Gasteiger partial charge in [0.15, 0.2) is 17.8 Å². The molecule has 1 aromatic rings. The number of para-hydroxylation sites is 1. The van der Waals surface area contributed by atoms with Gasteiger partial charge >= 0.3 is 0 Å². The van der Waals surface area contributed by atoms with Crippen LogP contribution in [-0.2, 0) is 16.0 Å². The van der Waals surface area contributed by atoms with E-state index in [1.807, 2.05) is 39.0 Å². The highest BCUT2D eigenvalue weighted by Crippen LogP contribution is 2.30. The molecule has 0 fully saturated rings. The van der Waals surface area contributed by atoms with Crippen molar-refractivity contribution in [2.75, 3.05) is 33.5 Å². The predicted molar refractivity (Wildman–Crippen MR) is 82.9 cm³/mol. The van der Waals surface area contributed by atoms with Gasteiger partial charge in [-0.1, -0.05) is 12.1 Å². The first-order valence-corrected chi connectivity index (χ1v) is 7.49. The first kappa shape index (κ1) is 17.8. The van der Waals surface area contributed by atoms with E-state index in [1.54, 1.807) is 7.11 Å².